The largest absolute Gasteiger partial charge is 0.481 e. The molecule has 1 unspecified atom stereocenters. The molecule has 0 aromatic carbocycles. The molecule has 0 saturated carbocycles. The second-order valence-corrected chi connectivity index (χ2v) is 5.60. The molecule has 2 rings (SSSR count). The molecule has 1 aliphatic rings. The molecule has 0 amide bonds. The first kappa shape index (κ1) is 15.1. The van der Waals surface area contributed by atoms with E-state index in [1.54, 1.807) is 4.57 Å². The molecule has 0 spiro atoms. The lowest BCUT2D eigenvalue weighted by atomic mass is 10.3. The maximum atomic E-state index is 10.6. The van der Waals surface area contributed by atoms with Gasteiger partial charge in [-0.3, -0.25) is 14.3 Å². The number of aliphatic carboxylic acids is 1. The van der Waals surface area contributed by atoms with E-state index in [4.69, 9.17) is 15.6 Å². The monoisotopic (exact) mass is 301 g/mol. The summed E-state index contributed by atoms with van der Waals surface area (Å²) in [5.74, 6) is -0.620. The molecule has 1 aromatic rings. The van der Waals surface area contributed by atoms with Crippen LogP contribution in [0.25, 0.3) is 0 Å². The van der Waals surface area contributed by atoms with Crippen molar-refractivity contribution in [2.45, 2.75) is 18.1 Å². The molecule has 112 valence electrons. The van der Waals surface area contributed by atoms with Crippen molar-refractivity contribution in [1.29, 1.82) is 0 Å². The lowest BCUT2D eigenvalue weighted by Gasteiger charge is -2.29. The van der Waals surface area contributed by atoms with E-state index in [2.05, 4.69) is 15.1 Å². The number of nitrogens with two attached hydrogens (primary N) is 1. The minimum Gasteiger partial charge on any atom is -0.481 e. The van der Waals surface area contributed by atoms with Crippen molar-refractivity contribution in [3.8, 4) is 0 Å². The topological polar surface area (TPSA) is 107 Å². The SMILES string of the molecule is CC(CN1CCOCC1)n1c(N)nnc1SCC(=O)O. The average Bonchev–Trinajstić information content (AvgIpc) is 2.78. The molecule has 3 N–H and O–H groups in total. The first-order valence-electron chi connectivity index (χ1n) is 6.43. The summed E-state index contributed by atoms with van der Waals surface area (Å²) in [6.07, 6.45) is 0. The number of rotatable bonds is 6. The highest BCUT2D eigenvalue weighted by Crippen LogP contribution is 2.23. The smallest absolute Gasteiger partial charge is 0.313 e. The van der Waals surface area contributed by atoms with E-state index in [-0.39, 0.29) is 11.8 Å². The maximum absolute atomic E-state index is 10.6. The van der Waals surface area contributed by atoms with E-state index in [9.17, 15) is 4.79 Å². The molecular formula is C11H19N5O3S. The van der Waals surface area contributed by atoms with Crippen LogP contribution in [0, 0.1) is 0 Å². The Hall–Kier alpha value is -1.32. The summed E-state index contributed by atoms with van der Waals surface area (Å²) in [6.45, 7) is 6.11. The van der Waals surface area contributed by atoms with Gasteiger partial charge in [0.15, 0.2) is 5.16 Å². The van der Waals surface area contributed by atoms with Crippen LogP contribution in [0.2, 0.25) is 0 Å². The number of carbonyl (C=O) groups is 1. The molecule has 1 atom stereocenters. The van der Waals surface area contributed by atoms with Crippen LogP contribution in [0.15, 0.2) is 5.16 Å². The minimum atomic E-state index is -0.885. The number of morpholine rings is 1. The molecule has 9 heteroatoms. The Bertz CT molecular complexity index is 461. The van der Waals surface area contributed by atoms with Crippen molar-refractivity contribution < 1.29 is 14.6 Å². The Morgan fingerprint density at radius 1 is 1.50 bits per heavy atom. The number of hydrogen-bond donors (Lipinski definition) is 2. The molecule has 20 heavy (non-hydrogen) atoms. The van der Waals surface area contributed by atoms with Crippen LogP contribution in [0.4, 0.5) is 5.95 Å². The van der Waals surface area contributed by atoms with Crippen molar-refractivity contribution in [3.63, 3.8) is 0 Å². The predicted octanol–water partition coefficient (Wildman–Crippen LogP) is -0.0698. The Morgan fingerprint density at radius 3 is 2.85 bits per heavy atom. The number of aromatic nitrogens is 3. The van der Waals surface area contributed by atoms with Gasteiger partial charge in [0.2, 0.25) is 5.95 Å². The Labute approximate surface area is 121 Å². The zero-order chi connectivity index (χ0) is 14.5. The van der Waals surface area contributed by atoms with Crippen molar-refractivity contribution in [3.05, 3.63) is 0 Å². The number of ether oxygens (including phenoxy) is 1. The molecular weight excluding hydrogens is 282 g/mol. The third-order valence-corrected chi connectivity index (χ3v) is 4.01. The van der Waals surface area contributed by atoms with Crippen molar-refractivity contribution in [1.82, 2.24) is 19.7 Å². The van der Waals surface area contributed by atoms with E-state index < -0.39 is 5.97 Å². The molecule has 0 radical (unpaired) electrons. The number of hydrogen-bond acceptors (Lipinski definition) is 7. The predicted molar refractivity (Wildman–Crippen MR) is 74.8 cm³/mol. The Balaban J connectivity index is 2.01. The molecule has 2 heterocycles. The zero-order valence-corrected chi connectivity index (χ0v) is 12.2. The van der Waals surface area contributed by atoms with Crippen molar-refractivity contribution in [2.75, 3.05) is 44.3 Å². The standard InChI is InChI=1S/C11H19N5O3S/c1-8(6-15-2-4-19-5-3-15)16-10(12)13-14-11(16)20-7-9(17)18/h8H,2-7H2,1H3,(H2,12,13)(H,17,18). The van der Waals surface area contributed by atoms with Gasteiger partial charge in [-0.25, -0.2) is 0 Å². The normalized spacial score (nSPS) is 18.1. The summed E-state index contributed by atoms with van der Waals surface area (Å²) >= 11 is 1.13. The van der Waals surface area contributed by atoms with E-state index in [0.717, 1.165) is 44.6 Å². The van der Waals surface area contributed by atoms with Gasteiger partial charge in [0.05, 0.1) is 19.0 Å². The van der Waals surface area contributed by atoms with Crippen LogP contribution in [0.1, 0.15) is 13.0 Å². The average molecular weight is 301 g/mol. The van der Waals surface area contributed by atoms with Gasteiger partial charge in [-0.05, 0) is 6.92 Å². The summed E-state index contributed by atoms with van der Waals surface area (Å²) in [5.41, 5.74) is 5.84. The summed E-state index contributed by atoms with van der Waals surface area (Å²) in [7, 11) is 0. The first-order chi connectivity index (χ1) is 9.58. The second kappa shape index (κ2) is 6.91. The Morgan fingerprint density at radius 2 is 2.20 bits per heavy atom. The van der Waals surface area contributed by atoms with Gasteiger partial charge >= 0.3 is 5.97 Å². The highest BCUT2D eigenvalue weighted by molar-refractivity contribution is 7.99. The van der Waals surface area contributed by atoms with Gasteiger partial charge in [-0.1, -0.05) is 11.8 Å². The number of carboxylic acids is 1. The lowest BCUT2D eigenvalue weighted by molar-refractivity contribution is -0.133. The third kappa shape index (κ3) is 3.84. The molecule has 1 aromatic heterocycles. The fraction of sp³-hybridized carbons (Fsp3) is 0.727. The first-order valence-corrected chi connectivity index (χ1v) is 7.41. The minimum absolute atomic E-state index is 0.0532. The molecule has 1 fully saturated rings. The zero-order valence-electron chi connectivity index (χ0n) is 11.4. The molecule has 0 bridgehead atoms. The van der Waals surface area contributed by atoms with Gasteiger partial charge in [-0.15, -0.1) is 10.2 Å². The number of thioether (sulfide) groups is 1. The van der Waals surface area contributed by atoms with E-state index in [1.807, 2.05) is 6.92 Å². The molecule has 1 saturated heterocycles. The summed E-state index contributed by atoms with van der Waals surface area (Å²) in [4.78, 5) is 12.9. The number of nitrogen functional groups attached to an aromatic ring is 1. The van der Waals surface area contributed by atoms with E-state index in [0.29, 0.717) is 11.1 Å². The third-order valence-electron chi connectivity index (χ3n) is 3.08. The van der Waals surface area contributed by atoms with Crippen LogP contribution in [0.5, 0.6) is 0 Å². The maximum Gasteiger partial charge on any atom is 0.313 e. The second-order valence-electron chi connectivity index (χ2n) is 4.66. The van der Waals surface area contributed by atoms with Gasteiger partial charge in [0.1, 0.15) is 0 Å². The van der Waals surface area contributed by atoms with Crippen molar-refractivity contribution >= 4 is 23.7 Å². The highest BCUT2D eigenvalue weighted by Gasteiger charge is 2.20. The lowest BCUT2D eigenvalue weighted by Crippen LogP contribution is -2.39. The Kier molecular flexibility index (Phi) is 5.21. The van der Waals surface area contributed by atoms with E-state index >= 15 is 0 Å². The summed E-state index contributed by atoms with van der Waals surface area (Å²) in [5, 5.41) is 17.1. The van der Waals surface area contributed by atoms with Crippen molar-refractivity contribution in [2.24, 2.45) is 0 Å². The fourth-order valence-corrected chi connectivity index (χ4v) is 2.93. The summed E-state index contributed by atoms with van der Waals surface area (Å²) < 4.78 is 7.11. The van der Waals surface area contributed by atoms with Gasteiger partial charge < -0.3 is 15.6 Å². The van der Waals surface area contributed by atoms with Gasteiger partial charge in [0.25, 0.3) is 0 Å². The van der Waals surface area contributed by atoms with Gasteiger partial charge in [-0.2, -0.15) is 0 Å². The van der Waals surface area contributed by atoms with Crippen LogP contribution in [0.3, 0.4) is 0 Å². The van der Waals surface area contributed by atoms with Gasteiger partial charge in [0, 0.05) is 25.7 Å². The van der Waals surface area contributed by atoms with Crippen LogP contribution in [-0.4, -0.2) is 69.3 Å². The summed E-state index contributed by atoms with van der Waals surface area (Å²) in [6, 6.07) is 0.0828. The molecule has 8 nitrogen and oxygen atoms in total. The fourth-order valence-electron chi connectivity index (χ4n) is 2.17. The molecule has 0 aliphatic carbocycles. The molecule has 1 aliphatic heterocycles. The number of carboxylic acid groups (broad SMARTS) is 1. The van der Waals surface area contributed by atoms with Crippen LogP contribution < -0.4 is 5.73 Å². The number of anilines is 1. The number of nitrogens with zero attached hydrogens (tertiary/aromatic N) is 4. The highest BCUT2D eigenvalue weighted by atomic mass is 32.2. The van der Waals surface area contributed by atoms with Crippen LogP contribution in [-0.2, 0) is 9.53 Å². The van der Waals surface area contributed by atoms with Crippen LogP contribution >= 0.6 is 11.8 Å². The van der Waals surface area contributed by atoms with E-state index in [1.165, 1.54) is 0 Å². The quantitative estimate of drug-likeness (QED) is 0.703.